The molecule has 2 aliphatic rings. The number of amides is 1. The fourth-order valence-electron chi connectivity index (χ4n) is 4.46. The number of anilines is 1. The van der Waals surface area contributed by atoms with E-state index in [2.05, 4.69) is 55.1 Å². The van der Waals surface area contributed by atoms with E-state index in [1.165, 1.54) is 11.3 Å². The van der Waals surface area contributed by atoms with Crippen LogP contribution in [0.15, 0.2) is 54.6 Å². The monoisotopic (exact) mass is 363 g/mol. The molecule has 1 amide bonds. The number of rotatable bonds is 3. The number of nitrogens with two attached hydrogens (primary N) is 1. The van der Waals surface area contributed by atoms with Gasteiger partial charge >= 0.3 is 0 Å². The van der Waals surface area contributed by atoms with E-state index in [1.807, 2.05) is 23.1 Å². The molecule has 2 aromatic rings. The van der Waals surface area contributed by atoms with Crippen molar-refractivity contribution in [3.8, 4) is 0 Å². The Balaban J connectivity index is 1.69. The van der Waals surface area contributed by atoms with E-state index in [0.717, 1.165) is 31.5 Å². The van der Waals surface area contributed by atoms with Crippen molar-refractivity contribution in [3.63, 3.8) is 0 Å². The molecule has 2 aromatic carbocycles. The number of carbonyl (C=O) groups excluding carboxylic acids is 1. The molecule has 2 aliphatic heterocycles. The van der Waals surface area contributed by atoms with Gasteiger partial charge in [0.05, 0.1) is 0 Å². The lowest BCUT2D eigenvalue weighted by molar-refractivity contribution is -0.136. The van der Waals surface area contributed by atoms with Crippen LogP contribution in [0.2, 0.25) is 0 Å². The van der Waals surface area contributed by atoms with Crippen LogP contribution in [0.4, 0.5) is 5.69 Å². The Morgan fingerprint density at radius 3 is 2.52 bits per heavy atom. The second-order valence-electron chi connectivity index (χ2n) is 8.53. The highest BCUT2D eigenvalue weighted by Crippen LogP contribution is 2.37. The summed E-state index contributed by atoms with van der Waals surface area (Å²) in [5.41, 5.74) is 9.82. The summed E-state index contributed by atoms with van der Waals surface area (Å²) in [7, 11) is 0. The first-order valence-electron chi connectivity index (χ1n) is 9.91. The summed E-state index contributed by atoms with van der Waals surface area (Å²) in [6, 6.07) is 18.5. The molecule has 2 heterocycles. The van der Waals surface area contributed by atoms with E-state index in [-0.39, 0.29) is 23.4 Å². The molecule has 0 saturated carbocycles. The summed E-state index contributed by atoms with van der Waals surface area (Å²) < 4.78 is 0. The van der Waals surface area contributed by atoms with Crippen molar-refractivity contribution >= 4 is 11.6 Å². The van der Waals surface area contributed by atoms with Crippen molar-refractivity contribution in [3.05, 3.63) is 65.7 Å². The van der Waals surface area contributed by atoms with Gasteiger partial charge in [0.15, 0.2) is 0 Å². The molecule has 0 bridgehead atoms. The molecule has 4 heteroatoms. The molecule has 4 rings (SSSR count). The lowest BCUT2D eigenvalue weighted by atomic mass is 9.79. The number of benzene rings is 2. The Morgan fingerprint density at radius 2 is 1.78 bits per heavy atom. The van der Waals surface area contributed by atoms with Gasteiger partial charge in [-0.1, -0.05) is 62.4 Å². The lowest BCUT2D eigenvalue weighted by Crippen LogP contribution is -2.56. The van der Waals surface area contributed by atoms with Gasteiger partial charge < -0.3 is 15.5 Å². The third-order valence-electron chi connectivity index (χ3n) is 6.21. The highest BCUT2D eigenvalue weighted by atomic mass is 16.2. The van der Waals surface area contributed by atoms with E-state index in [9.17, 15) is 4.79 Å². The maximum absolute atomic E-state index is 13.7. The number of likely N-dealkylation sites (tertiary alicyclic amines) is 1. The molecule has 27 heavy (non-hydrogen) atoms. The Hall–Kier alpha value is -2.33. The fraction of sp³-hybridized carbons (Fsp3) is 0.435. The van der Waals surface area contributed by atoms with Gasteiger partial charge in [0.1, 0.15) is 6.04 Å². The normalized spacial score (nSPS) is 22.4. The van der Waals surface area contributed by atoms with Crippen LogP contribution < -0.4 is 10.6 Å². The molecule has 142 valence electrons. The summed E-state index contributed by atoms with van der Waals surface area (Å²) in [5.74, 6) is 0.192. The van der Waals surface area contributed by atoms with Crippen LogP contribution in [0.25, 0.3) is 0 Å². The number of hydrogen-bond donors (Lipinski definition) is 1. The Kier molecular flexibility index (Phi) is 4.68. The van der Waals surface area contributed by atoms with Crippen molar-refractivity contribution in [2.75, 3.05) is 24.5 Å². The van der Waals surface area contributed by atoms with Crippen LogP contribution in [0.5, 0.6) is 0 Å². The Bertz CT molecular complexity index is 817. The molecule has 2 atom stereocenters. The fourth-order valence-corrected chi connectivity index (χ4v) is 4.46. The molecule has 2 N–H and O–H groups in total. The average molecular weight is 364 g/mol. The van der Waals surface area contributed by atoms with Gasteiger partial charge in [-0.05, 0) is 35.4 Å². The lowest BCUT2D eigenvalue weighted by Gasteiger charge is -2.44. The van der Waals surface area contributed by atoms with E-state index in [0.29, 0.717) is 6.54 Å². The minimum atomic E-state index is -0.278. The maximum atomic E-state index is 13.7. The van der Waals surface area contributed by atoms with Crippen LogP contribution >= 0.6 is 0 Å². The molecule has 0 radical (unpaired) electrons. The second-order valence-corrected chi connectivity index (χ2v) is 8.53. The standard InChI is InChI=1S/C23H29N3O/c1-23(2)16-25(14-13-20(23)24)22(27)21(18-9-4-3-5-10-18)26-15-12-17-8-6-7-11-19(17)26/h3-11,20-21H,12-16,24H2,1-2H3. The van der Waals surface area contributed by atoms with E-state index >= 15 is 0 Å². The predicted octanol–water partition coefficient (Wildman–Crippen LogP) is 3.38. The molecule has 4 nitrogen and oxygen atoms in total. The summed E-state index contributed by atoms with van der Waals surface area (Å²) in [4.78, 5) is 18.0. The molecule has 1 fully saturated rings. The summed E-state index contributed by atoms with van der Waals surface area (Å²) in [6.45, 7) is 6.66. The van der Waals surface area contributed by atoms with Crippen molar-refractivity contribution in [1.29, 1.82) is 0 Å². The number of para-hydroxylation sites is 1. The van der Waals surface area contributed by atoms with Gasteiger partial charge in [0.2, 0.25) is 5.91 Å². The van der Waals surface area contributed by atoms with Crippen LogP contribution in [0.1, 0.15) is 37.4 Å². The minimum Gasteiger partial charge on any atom is -0.355 e. The van der Waals surface area contributed by atoms with Crippen LogP contribution in [-0.2, 0) is 11.2 Å². The van der Waals surface area contributed by atoms with Crippen molar-refractivity contribution < 1.29 is 4.79 Å². The largest absolute Gasteiger partial charge is 0.355 e. The summed E-state index contributed by atoms with van der Waals surface area (Å²) >= 11 is 0. The number of hydrogen-bond acceptors (Lipinski definition) is 3. The third-order valence-corrected chi connectivity index (χ3v) is 6.21. The van der Waals surface area contributed by atoms with Gasteiger partial charge in [-0.15, -0.1) is 0 Å². The first-order chi connectivity index (χ1) is 13.0. The van der Waals surface area contributed by atoms with Gasteiger partial charge in [-0.3, -0.25) is 4.79 Å². The quantitative estimate of drug-likeness (QED) is 0.909. The molecular weight excluding hydrogens is 334 g/mol. The number of nitrogens with zero attached hydrogens (tertiary/aromatic N) is 2. The molecule has 1 saturated heterocycles. The van der Waals surface area contributed by atoms with Crippen molar-refractivity contribution in [2.24, 2.45) is 11.1 Å². The number of piperidine rings is 1. The van der Waals surface area contributed by atoms with Crippen molar-refractivity contribution in [2.45, 2.75) is 38.8 Å². The van der Waals surface area contributed by atoms with Crippen LogP contribution in [0, 0.1) is 5.41 Å². The number of carbonyl (C=O) groups is 1. The SMILES string of the molecule is CC1(C)CN(C(=O)C(c2ccccc2)N2CCc3ccccc32)CCC1N. The molecule has 2 unspecified atom stereocenters. The first-order valence-corrected chi connectivity index (χ1v) is 9.91. The van der Waals surface area contributed by atoms with Crippen LogP contribution in [0.3, 0.4) is 0 Å². The molecule has 0 aliphatic carbocycles. The molecule has 0 spiro atoms. The second kappa shape index (κ2) is 7.01. The van der Waals surface area contributed by atoms with E-state index < -0.39 is 0 Å². The Labute approximate surface area is 162 Å². The van der Waals surface area contributed by atoms with Gasteiger partial charge in [-0.25, -0.2) is 0 Å². The smallest absolute Gasteiger partial charge is 0.249 e. The zero-order valence-corrected chi connectivity index (χ0v) is 16.3. The predicted molar refractivity (Wildman–Crippen MR) is 110 cm³/mol. The third kappa shape index (κ3) is 3.34. The van der Waals surface area contributed by atoms with Crippen molar-refractivity contribution in [1.82, 2.24) is 4.90 Å². The van der Waals surface area contributed by atoms with Gasteiger partial charge in [0, 0.05) is 31.4 Å². The molecular formula is C23H29N3O. The highest BCUT2D eigenvalue weighted by molar-refractivity contribution is 5.87. The number of fused-ring (bicyclic) bond motifs is 1. The highest BCUT2D eigenvalue weighted by Gasteiger charge is 2.40. The first kappa shape index (κ1) is 18.1. The van der Waals surface area contributed by atoms with E-state index in [1.54, 1.807) is 0 Å². The zero-order chi connectivity index (χ0) is 19.0. The minimum absolute atomic E-state index is 0.0575. The van der Waals surface area contributed by atoms with Gasteiger partial charge in [-0.2, -0.15) is 0 Å². The maximum Gasteiger partial charge on any atom is 0.249 e. The van der Waals surface area contributed by atoms with Crippen LogP contribution in [-0.4, -0.2) is 36.5 Å². The summed E-state index contributed by atoms with van der Waals surface area (Å²) in [5, 5.41) is 0. The zero-order valence-electron chi connectivity index (χ0n) is 16.3. The molecule has 0 aromatic heterocycles. The summed E-state index contributed by atoms with van der Waals surface area (Å²) in [6.07, 6.45) is 1.85. The Morgan fingerprint density at radius 1 is 1.07 bits per heavy atom. The van der Waals surface area contributed by atoms with Gasteiger partial charge in [0.25, 0.3) is 0 Å². The average Bonchev–Trinajstić information content (AvgIpc) is 3.09. The van der Waals surface area contributed by atoms with E-state index in [4.69, 9.17) is 5.73 Å². The topological polar surface area (TPSA) is 49.6 Å².